The van der Waals surface area contributed by atoms with Crippen molar-refractivity contribution in [1.82, 2.24) is 14.9 Å². The van der Waals surface area contributed by atoms with Gasteiger partial charge in [-0.1, -0.05) is 12.1 Å². The minimum absolute atomic E-state index is 0.0905. The van der Waals surface area contributed by atoms with Gasteiger partial charge in [-0.2, -0.15) is 0 Å². The molecule has 0 saturated carbocycles. The number of morpholine rings is 1. The predicted octanol–water partition coefficient (Wildman–Crippen LogP) is -0.642. The van der Waals surface area contributed by atoms with Crippen molar-refractivity contribution in [1.29, 1.82) is 0 Å². The van der Waals surface area contributed by atoms with Crippen LogP contribution in [-0.2, 0) is 9.53 Å². The van der Waals surface area contributed by atoms with Gasteiger partial charge in [-0.05, 0) is 19.1 Å². The molecule has 24 heavy (non-hydrogen) atoms. The predicted molar refractivity (Wildman–Crippen MR) is 89.9 cm³/mol. The Kier molecular flexibility index (Phi) is 4.92. The van der Waals surface area contributed by atoms with E-state index in [0.717, 1.165) is 4.90 Å². The van der Waals surface area contributed by atoms with Crippen LogP contribution in [0, 0.1) is 0 Å². The van der Waals surface area contributed by atoms with Crippen molar-refractivity contribution < 1.29 is 14.4 Å². The van der Waals surface area contributed by atoms with Gasteiger partial charge in [-0.3, -0.25) is 9.59 Å². The van der Waals surface area contributed by atoms with E-state index in [9.17, 15) is 9.59 Å². The molecule has 0 bridgehead atoms. The number of H-pyrrole nitrogens is 1. The maximum absolute atomic E-state index is 12.4. The molecule has 7 heteroatoms. The molecule has 2 N–H and O–H groups in total. The maximum atomic E-state index is 12.4. The third-order valence-corrected chi connectivity index (χ3v) is 4.57. The van der Waals surface area contributed by atoms with Crippen LogP contribution in [0.3, 0.4) is 0 Å². The second kappa shape index (κ2) is 7.11. The number of nitrogens with zero attached hydrogens (tertiary/aromatic N) is 2. The van der Waals surface area contributed by atoms with Crippen molar-refractivity contribution in [2.75, 3.05) is 39.9 Å². The SMILES string of the molecule is C[C@H](c1nc2ccccc2c(=O)[nH]1)[NH+](C)CC(=O)N1CCOCC1. The maximum Gasteiger partial charge on any atom is 0.277 e. The highest BCUT2D eigenvalue weighted by molar-refractivity contribution is 5.77. The van der Waals surface area contributed by atoms with Crippen LogP contribution in [0.5, 0.6) is 0 Å². The lowest BCUT2D eigenvalue weighted by molar-refractivity contribution is -0.903. The Labute approximate surface area is 140 Å². The number of hydrogen-bond acceptors (Lipinski definition) is 4. The van der Waals surface area contributed by atoms with Gasteiger partial charge < -0.3 is 19.5 Å². The number of rotatable bonds is 4. The summed E-state index contributed by atoms with van der Waals surface area (Å²) < 4.78 is 5.28. The summed E-state index contributed by atoms with van der Waals surface area (Å²) in [6.45, 7) is 4.81. The van der Waals surface area contributed by atoms with E-state index in [4.69, 9.17) is 4.74 Å². The van der Waals surface area contributed by atoms with Crippen LogP contribution in [0.2, 0.25) is 0 Å². The molecule has 1 aliphatic heterocycles. The fourth-order valence-electron chi connectivity index (χ4n) is 2.86. The summed E-state index contributed by atoms with van der Waals surface area (Å²) in [5.74, 6) is 0.705. The topological polar surface area (TPSA) is 79.7 Å². The molecule has 1 aliphatic rings. The number of quaternary nitrogens is 1. The number of carbonyl (C=O) groups is 1. The Hall–Kier alpha value is -2.25. The second-order valence-electron chi connectivity index (χ2n) is 6.21. The van der Waals surface area contributed by atoms with Gasteiger partial charge in [0.1, 0.15) is 6.04 Å². The highest BCUT2D eigenvalue weighted by atomic mass is 16.5. The molecule has 0 aliphatic carbocycles. The van der Waals surface area contributed by atoms with Gasteiger partial charge in [-0.15, -0.1) is 0 Å². The summed E-state index contributed by atoms with van der Waals surface area (Å²) in [7, 11) is 1.94. The lowest BCUT2D eigenvalue weighted by Crippen LogP contribution is -3.10. The van der Waals surface area contributed by atoms with Gasteiger partial charge in [0.2, 0.25) is 0 Å². The third-order valence-electron chi connectivity index (χ3n) is 4.57. The molecule has 128 valence electrons. The molecular formula is C17H23N4O3+. The van der Waals surface area contributed by atoms with Gasteiger partial charge in [0.15, 0.2) is 12.4 Å². The van der Waals surface area contributed by atoms with Crippen LogP contribution in [-0.4, -0.2) is 60.7 Å². The van der Waals surface area contributed by atoms with Crippen LogP contribution in [0.15, 0.2) is 29.1 Å². The zero-order chi connectivity index (χ0) is 17.1. The Balaban J connectivity index is 1.74. The highest BCUT2D eigenvalue weighted by Gasteiger charge is 2.25. The number of para-hydroxylation sites is 1. The first kappa shape index (κ1) is 16.6. The fourth-order valence-corrected chi connectivity index (χ4v) is 2.86. The van der Waals surface area contributed by atoms with E-state index in [1.165, 1.54) is 0 Å². The zero-order valence-electron chi connectivity index (χ0n) is 14.0. The molecule has 1 saturated heterocycles. The monoisotopic (exact) mass is 331 g/mol. The number of hydrogen-bond donors (Lipinski definition) is 2. The van der Waals surface area contributed by atoms with Crippen molar-refractivity contribution >= 4 is 16.8 Å². The third kappa shape index (κ3) is 3.47. The summed E-state index contributed by atoms with van der Waals surface area (Å²) in [6, 6.07) is 7.18. The van der Waals surface area contributed by atoms with Gasteiger partial charge in [0, 0.05) is 13.1 Å². The van der Waals surface area contributed by atoms with E-state index >= 15 is 0 Å². The minimum Gasteiger partial charge on any atom is -0.378 e. The lowest BCUT2D eigenvalue weighted by Gasteiger charge is -2.28. The van der Waals surface area contributed by atoms with E-state index in [1.54, 1.807) is 6.07 Å². The van der Waals surface area contributed by atoms with Crippen LogP contribution in [0.1, 0.15) is 18.8 Å². The quantitative estimate of drug-likeness (QED) is 0.781. The van der Waals surface area contributed by atoms with E-state index in [-0.39, 0.29) is 17.5 Å². The number of likely N-dealkylation sites (N-methyl/N-ethyl adjacent to an activating group) is 1. The number of ether oxygens (including phenoxy) is 1. The summed E-state index contributed by atoms with van der Waals surface area (Å²) in [4.78, 5) is 34.8. The Morgan fingerprint density at radius 2 is 2.08 bits per heavy atom. The molecule has 2 aromatic rings. The number of fused-ring (bicyclic) bond motifs is 1. The van der Waals surface area contributed by atoms with E-state index in [0.29, 0.717) is 49.6 Å². The molecule has 1 amide bonds. The lowest BCUT2D eigenvalue weighted by atomic mass is 10.2. The van der Waals surface area contributed by atoms with Crippen molar-refractivity contribution in [3.63, 3.8) is 0 Å². The smallest absolute Gasteiger partial charge is 0.277 e. The van der Waals surface area contributed by atoms with Gasteiger partial charge >= 0.3 is 0 Å². The Bertz CT molecular complexity index is 783. The van der Waals surface area contributed by atoms with Crippen LogP contribution < -0.4 is 10.5 Å². The van der Waals surface area contributed by atoms with Crippen LogP contribution >= 0.6 is 0 Å². The van der Waals surface area contributed by atoms with E-state index < -0.39 is 0 Å². The number of aromatic amines is 1. The van der Waals surface area contributed by atoms with Crippen LogP contribution in [0.4, 0.5) is 0 Å². The number of aromatic nitrogens is 2. The molecule has 7 nitrogen and oxygen atoms in total. The normalized spacial score (nSPS) is 17.7. The van der Waals surface area contributed by atoms with Gasteiger partial charge in [0.05, 0.1) is 31.2 Å². The molecule has 2 atom stereocenters. The van der Waals surface area contributed by atoms with Crippen molar-refractivity contribution in [2.24, 2.45) is 0 Å². The summed E-state index contributed by atoms with van der Waals surface area (Å²) in [5, 5.41) is 0.579. The van der Waals surface area contributed by atoms with Crippen molar-refractivity contribution in [3.05, 3.63) is 40.4 Å². The largest absolute Gasteiger partial charge is 0.378 e. The first-order valence-corrected chi connectivity index (χ1v) is 8.23. The van der Waals surface area contributed by atoms with Gasteiger partial charge in [-0.25, -0.2) is 4.98 Å². The molecule has 2 heterocycles. The molecule has 1 aromatic carbocycles. The molecule has 0 radical (unpaired) electrons. The number of nitrogens with one attached hydrogen (secondary N) is 2. The first-order chi connectivity index (χ1) is 11.6. The highest BCUT2D eigenvalue weighted by Crippen LogP contribution is 2.08. The zero-order valence-corrected chi connectivity index (χ0v) is 14.0. The standard InChI is InChI=1S/C17H22N4O3/c1-12(20(2)11-15(22)21-7-9-24-10-8-21)16-18-14-6-4-3-5-13(14)17(23)19-16/h3-6,12H,7-11H2,1-2H3,(H,18,19,23)/p+1/t12-/m1/s1. The van der Waals surface area contributed by atoms with Crippen molar-refractivity contribution in [3.8, 4) is 0 Å². The first-order valence-electron chi connectivity index (χ1n) is 8.23. The van der Waals surface area contributed by atoms with E-state index in [1.807, 2.05) is 37.1 Å². The number of carbonyl (C=O) groups excluding carboxylic acids is 1. The molecule has 3 rings (SSSR count). The summed E-state index contributed by atoms with van der Waals surface area (Å²) in [6.07, 6.45) is 0. The second-order valence-corrected chi connectivity index (χ2v) is 6.21. The van der Waals surface area contributed by atoms with Crippen LogP contribution in [0.25, 0.3) is 10.9 Å². The molecule has 1 fully saturated rings. The molecule has 1 aromatic heterocycles. The number of benzene rings is 1. The fraction of sp³-hybridized carbons (Fsp3) is 0.471. The number of amides is 1. The molecule has 1 unspecified atom stereocenters. The van der Waals surface area contributed by atoms with E-state index in [2.05, 4.69) is 9.97 Å². The molecular weight excluding hydrogens is 308 g/mol. The summed E-state index contributed by atoms with van der Waals surface area (Å²) >= 11 is 0. The molecule has 0 spiro atoms. The minimum atomic E-state index is -0.144. The van der Waals surface area contributed by atoms with Crippen molar-refractivity contribution in [2.45, 2.75) is 13.0 Å². The Morgan fingerprint density at radius 3 is 2.83 bits per heavy atom. The average Bonchev–Trinajstić information content (AvgIpc) is 2.61. The average molecular weight is 331 g/mol. The summed E-state index contributed by atoms with van der Waals surface area (Å²) in [5.41, 5.74) is 0.533. The van der Waals surface area contributed by atoms with Gasteiger partial charge in [0.25, 0.3) is 11.5 Å². The Morgan fingerprint density at radius 1 is 1.38 bits per heavy atom.